The lowest BCUT2D eigenvalue weighted by Gasteiger charge is -2.22. The number of hydrogen-bond acceptors (Lipinski definition) is 3. The van der Waals surface area contributed by atoms with Crippen LogP contribution in [0.2, 0.25) is 0 Å². The number of aromatic nitrogens is 1. The average Bonchev–Trinajstić information content (AvgIpc) is 3.24. The number of ketones is 1. The van der Waals surface area contributed by atoms with Gasteiger partial charge in [0.2, 0.25) is 0 Å². The van der Waals surface area contributed by atoms with Crippen molar-refractivity contribution in [2.75, 3.05) is 6.54 Å². The summed E-state index contributed by atoms with van der Waals surface area (Å²) in [6.45, 7) is 0.274. The molecule has 5 heteroatoms. The first-order valence-corrected chi connectivity index (χ1v) is 7.86. The smallest absolute Gasteiger partial charge is 0.251 e. The first kappa shape index (κ1) is 15.5. The number of carbonyl (C=O) groups excluding carboxylic acids is 2. The normalized spacial score (nSPS) is 16.2. The zero-order chi connectivity index (χ0) is 16.3. The van der Waals surface area contributed by atoms with Crippen molar-refractivity contribution >= 4 is 11.7 Å². The standard InChI is InChI=1S/C18H20N2O3/c21-16(15-7-10-19-11-15)13-3-5-14(6-4-13)17(22)20-12-18(23)8-1-2-9-18/h3-7,10-11,19,23H,1-2,8-9,12H2,(H,20,22). The van der Waals surface area contributed by atoms with E-state index in [9.17, 15) is 14.7 Å². The Kier molecular flexibility index (Phi) is 4.30. The van der Waals surface area contributed by atoms with Crippen LogP contribution in [0.25, 0.3) is 0 Å². The largest absolute Gasteiger partial charge is 0.388 e. The highest BCUT2D eigenvalue weighted by molar-refractivity contribution is 6.09. The van der Waals surface area contributed by atoms with Crippen molar-refractivity contribution < 1.29 is 14.7 Å². The second-order valence-electron chi connectivity index (χ2n) is 6.12. The second-order valence-corrected chi connectivity index (χ2v) is 6.12. The maximum absolute atomic E-state index is 12.2. The molecule has 2 aromatic rings. The summed E-state index contributed by atoms with van der Waals surface area (Å²) in [6, 6.07) is 8.27. The van der Waals surface area contributed by atoms with E-state index in [1.165, 1.54) is 0 Å². The Balaban J connectivity index is 1.62. The lowest BCUT2D eigenvalue weighted by molar-refractivity contribution is 0.0449. The molecule has 3 N–H and O–H groups in total. The Bertz CT molecular complexity index is 684. The van der Waals surface area contributed by atoms with Crippen molar-refractivity contribution in [3.8, 4) is 0 Å². The van der Waals surface area contributed by atoms with Gasteiger partial charge in [0.15, 0.2) is 5.78 Å². The zero-order valence-corrected chi connectivity index (χ0v) is 12.8. The Morgan fingerprint density at radius 2 is 1.70 bits per heavy atom. The number of aromatic amines is 1. The molecule has 120 valence electrons. The number of nitrogens with one attached hydrogen (secondary N) is 2. The van der Waals surface area contributed by atoms with Crippen molar-refractivity contribution in [1.82, 2.24) is 10.3 Å². The van der Waals surface area contributed by atoms with Crippen LogP contribution in [-0.4, -0.2) is 33.9 Å². The third-order valence-electron chi connectivity index (χ3n) is 4.38. The number of amides is 1. The van der Waals surface area contributed by atoms with Crippen LogP contribution >= 0.6 is 0 Å². The summed E-state index contributed by atoms with van der Waals surface area (Å²) in [6.07, 6.45) is 6.81. The van der Waals surface area contributed by atoms with E-state index in [0.29, 0.717) is 16.7 Å². The predicted octanol–water partition coefficient (Wildman–Crippen LogP) is 2.28. The monoisotopic (exact) mass is 312 g/mol. The molecule has 0 atom stereocenters. The van der Waals surface area contributed by atoms with Gasteiger partial charge in [0.05, 0.1) is 5.60 Å². The fourth-order valence-corrected chi connectivity index (χ4v) is 2.96. The van der Waals surface area contributed by atoms with Crippen LogP contribution in [0, 0.1) is 0 Å². The minimum Gasteiger partial charge on any atom is -0.388 e. The van der Waals surface area contributed by atoms with Crippen LogP contribution in [-0.2, 0) is 0 Å². The van der Waals surface area contributed by atoms with Crippen LogP contribution in [0.4, 0.5) is 0 Å². The van der Waals surface area contributed by atoms with Crippen LogP contribution < -0.4 is 5.32 Å². The fourth-order valence-electron chi connectivity index (χ4n) is 2.96. The number of H-pyrrole nitrogens is 1. The molecule has 1 amide bonds. The van der Waals surface area contributed by atoms with Gasteiger partial charge in [0.1, 0.15) is 0 Å². The lowest BCUT2D eigenvalue weighted by atomic mass is 10.0. The molecule has 0 radical (unpaired) electrons. The minimum absolute atomic E-state index is 0.0847. The molecule has 0 spiro atoms. The van der Waals surface area contributed by atoms with E-state index in [1.807, 2.05) is 0 Å². The van der Waals surface area contributed by atoms with E-state index < -0.39 is 5.60 Å². The Morgan fingerprint density at radius 1 is 1.04 bits per heavy atom. The van der Waals surface area contributed by atoms with Gasteiger partial charge in [-0.3, -0.25) is 9.59 Å². The highest BCUT2D eigenvalue weighted by Gasteiger charge is 2.31. The molecule has 5 nitrogen and oxygen atoms in total. The van der Waals surface area contributed by atoms with E-state index in [4.69, 9.17) is 0 Å². The molecular formula is C18H20N2O3. The molecule has 0 bridgehead atoms. The molecule has 1 saturated carbocycles. The van der Waals surface area contributed by atoms with E-state index >= 15 is 0 Å². The second kappa shape index (κ2) is 6.38. The molecule has 0 unspecified atom stereocenters. The molecule has 1 fully saturated rings. The molecule has 0 aliphatic heterocycles. The molecule has 0 saturated heterocycles. The van der Waals surface area contributed by atoms with Crippen LogP contribution in [0.1, 0.15) is 52.0 Å². The minimum atomic E-state index is -0.764. The van der Waals surface area contributed by atoms with Crippen LogP contribution in [0.5, 0.6) is 0 Å². The highest BCUT2D eigenvalue weighted by Crippen LogP contribution is 2.28. The van der Waals surface area contributed by atoms with Crippen molar-refractivity contribution in [2.45, 2.75) is 31.3 Å². The molecule has 1 heterocycles. The molecule has 3 rings (SSSR count). The van der Waals surface area contributed by atoms with E-state index in [0.717, 1.165) is 25.7 Å². The maximum Gasteiger partial charge on any atom is 0.251 e. The Hall–Kier alpha value is -2.40. The van der Waals surface area contributed by atoms with Gasteiger partial charge in [-0.2, -0.15) is 0 Å². The van der Waals surface area contributed by atoms with Gasteiger partial charge in [-0.15, -0.1) is 0 Å². The van der Waals surface area contributed by atoms with Crippen LogP contribution in [0.3, 0.4) is 0 Å². The fraction of sp³-hybridized carbons (Fsp3) is 0.333. The number of benzene rings is 1. The molecular weight excluding hydrogens is 292 g/mol. The summed E-state index contributed by atoms with van der Waals surface area (Å²) in [5.74, 6) is -0.315. The first-order valence-electron chi connectivity index (χ1n) is 7.86. The summed E-state index contributed by atoms with van der Waals surface area (Å²) < 4.78 is 0. The Morgan fingerprint density at radius 3 is 2.30 bits per heavy atom. The number of carbonyl (C=O) groups is 2. The van der Waals surface area contributed by atoms with Gasteiger partial charge in [-0.25, -0.2) is 0 Å². The molecule has 23 heavy (non-hydrogen) atoms. The predicted molar refractivity (Wildman–Crippen MR) is 86.4 cm³/mol. The van der Waals surface area contributed by atoms with Crippen molar-refractivity contribution in [3.63, 3.8) is 0 Å². The van der Waals surface area contributed by atoms with Crippen molar-refractivity contribution in [2.24, 2.45) is 0 Å². The third-order valence-corrected chi connectivity index (χ3v) is 4.38. The number of rotatable bonds is 5. The van der Waals surface area contributed by atoms with Gasteiger partial charge >= 0.3 is 0 Å². The van der Waals surface area contributed by atoms with Crippen LogP contribution in [0.15, 0.2) is 42.7 Å². The summed E-state index contributed by atoms with van der Waals surface area (Å²) in [4.78, 5) is 27.2. The third kappa shape index (κ3) is 3.51. The van der Waals surface area contributed by atoms with E-state index in [1.54, 1.807) is 42.7 Å². The summed E-state index contributed by atoms with van der Waals surface area (Å²) >= 11 is 0. The summed E-state index contributed by atoms with van der Waals surface area (Å²) in [5.41, 5.74) is 0.846. The first-order chi connectivity index (χ1) is 11.1. The average molecular weight is 312 g/mol. The van der Waals surface area contributed by atoms with Gasteiger partial charge in [-0.1, -0.05) is 25.0 Å². The van der Waals surface area contributed by atoms with E-state index in [2.05, 4.69) is 10.3 Å². The summed E-state index contributed by atoms with van der Waals surface area (Å²) in [5, 5.41) is 13.0. The lowest BCUT2D eigenvalue weighted by Crippen LogP contribution is -2.40. The quantitative estimate of drug-likeness (QED) is 0.741. The SMILES string of the molecule is O=C(NCC1(O)CCCC1)c1ccc(C(=O)c2cc[nH]c2)cc1. The highest BCUT2D eigenvalue weighted by atomic mass is 16.3. The van der Waals surface area contributed by atoms with Crippen molar-refractivity contribution in [3.05, 3.63) is 59.4 Å². The van der Waals surface area contributed by atoms with Gasteiger partial charge in [0, 0.05) is 35.6 Å². The maximum atomic E-state index is 12.2. The number of aliphatic hydroxyl groups is 1. The summed E-state index contributed by atoms with van der Waals surface area (Å²) in [7, 11) is 0. The van der Waals surface area contributed by atoms with Gasteiger partial charge < -0.3 is 15.4 Å². The van der Waals surface area contributed by atoms with Gasteiger partial charge in [-0.05, 0) is 31.0 Å². The molecule has 1 aromatic carbocycles. The topological polar surface area (TPSA) is 82.2 Å². The van der Waals surface area contributed by atoms with Gasteiger partial charge in [0.25, 0.3) is 5.91 Å². The Labute approximate surface area is 134 Å². The van der Waals surface area contributed by atoms with E-state index in [-0.39, 0.29) is 18.2 Å². The van der Waals surface area contributed by atoms with Crippen molar-refractivity contribution in [1.29, 1.82) is 0 Å². The molecule has 1 aromatic heterocycles. The number of hydrogen-bond donors (Lipinski definition) is 3. The molecule has 1 aliphatic rings. The zero-order valence-electron chi connectivity index (χ0n) is 12.8. The molecule has 1 aliphatic carbocycles.